The van der Waals surface area contributed by atoms with Crippen molar-refractivity contribution in [1.29, 1.82) is 0 Å². The standard InChI is InChI=1S/C13H15F2NO2/c1-16(6-8-4-10(18)5-8)13-9(7-17)2-3-11(14)12(13)15/h2-3,7-8,10,18H,4-6H2,1H3. The van der Waals surface area contributed by atoms with Gasteiger partial charge in [-0.15, -0.1) is 0 Å². The van der Waals surface area contributed by atoms with Gasteiger partial charge in [0.05, 0.1) is 11.8 Å². The van der Waals surface area contributed by atoms with E-state index in [2.05, 4.69) is 0 Å². The van der Waals surface area contributed by atoms with E-state index in [1.54, 1.807) is 11.9 Å². The normalized spacial score (nSPS) is 22.4. The molecule has 0 saturated heterocycles. The number of carbonyl (C=O) groups excluding carboxylic acids is 1. The molecule has 0 unspecified atom stereocenters. The van der Waals surface area contributed by atoms with Crippen molar-refractivity contribution in [1.82, 2.24) is 0 Å². The van der Waals surface area contributed by atoms with E-state index in [0.29, 0.717) is 25.7 Å². The molecule has 0 amide bonds. The Morgan fingerprint density at radius 2 is 2.11 bits per heavy atom. The Balaban J connectivity index is 2.20. The molecule has 0 aromatic heterocycles. The van der Waals surface area contributed by atoms with Gasteiger partial charge in [0.15, 0.2) is 17.9 Å². The van der Waals surface area contributed by atoms with Crippen LogP contribution in [-0.2, 0) is 0 Å². The quantitative estimate of drug-likeness (QED) is 0.836. The lowest BCUT2D eigenvalue weighted by Crippen LogP contribution is -2.37. The van der Waals surface area contributed by atoms with Crippen LogP contribution in [0.4, 0.5) is 14.5 Å². The molecule has 0 aliphatic heterocycles. The van der Waals surface area contributed by atoms with E-state index in [4.69, 9.17) is 0 Å². The molecule has 3 nitrogen and oxygen atoms in total. The van der Waals surface area contributed by atoms with E-state index in [1.165, 1.54) is 6.07 Å². The fourth-order valence-electron chi connectivity index (χ4n) is 2.37. The number of benzene rings is 1. The first kappa shape index (κ1) is 13.0. The Morgan fingerprint density at radius 1 is 1.44 bits per heavy atom. The van der Waals surface area contributed by atoms with E-state index in [1.807, 2.05) is 0 Å². The second kappa shape index (κ2) is 5.02. The third-order valence-electron chi connectivity index (χ3n) is 3.35. The Bertz CT molecular complexity index is 459. The first-order valence-electron chi connectivity index (χ1n) is 5.85. The van der Waals surface area contributed by atoms with Gasteiger partial charge in [-0.1, -0.05) is 0 Å². The lowest BCUT2D eigenvalue weighted by molar-refractivity contribution is 0.0464. The topological polar surface area (TPSA) is 40.5 Å². The monoisotopic (exact) mass is 255 g/mol. The Labute approximate surface area is 104 Å². The predicted octanol–water partition coefficient (Wildman–Crippen LogP) is 1.98. The van der Waals surface area contributed by atoms with Crippen LogP contribution in [0.1, 0.15) is 23.2 Å². The van der Waals surface area contributed by atoms with E-state index in [-0.39, 0.29) is 23.3 Å². The highest BCUT2D eigenvalue weighted by atomic mass is 19.2. The van der Waals surface area contributed by atoms with E-state index in [9.17, 15) is 18.7 Å². The molecule has 98 valence electrons. The van der Waals surface area contributed by atoms with Gasteiger partial charge in [0.1, 0.15) is 0 Å². The number of rotatable bonds is 4. The molecule has 18 heavy (non-hydrogen) atoms. The Kier molecular flexibility index (Phi) is 3.61. The van der Waals surface area contributed by atoms with Crippen molar-refractivity contribution in [3.8, 4) is 0 Å². The van der Waals surface area contributed by atoms with E-state index < -0.39 is 11.6 Å². The average molecular weight is 255 g/mol. The van der Waals surface area contributed by atoms with Crippen molar-refractivity contribution in [2.45, 2.75) is 18.9 Å². The van der Waals surface area contributed by atoms with Gasteiger partial charge >= 0.3 is 0 Å². The molecule has 2 rings (SSSR count). The largest absolute Gasteiger partial charge is 0.393 e. The molecule has 1 aromatic rings. The second-order valence-corrected chi connectivity index (χ2v) is 4.79. The maximum absolute atomic E-state index is 13.7. The van der Waals surface area contributed by atoms with Crippen molar-refractivity contribution >= 4 is 12.0 Å². The number of aldehydes is 1. The molecule has 0 bridgehead atoms. The highest BCUT2D eigenvalue weighted by Crippen LogP contribution is 2.31. The van der Waals surface area contributed by atoms with Crippen LogP contribution < -0.4 is 4.90 Å². The van der Waals surface area contributed by atoms with Gasteiger partial charge in [-0.3, -0.25) is 4.79 Å². The second-order valence-electron chi connectivity index (χ2n) is 4.79. The summed E-state index contributed by atoms with van der Waals surface area (Å²) in [6.07, 6.45) is 1.56. The van der Waals surface area contributed by atoms with Gasteiger partial charge < -0.3 is 10.0 Å². The first-order valence-corrected chi connectivity index (χ1v) is 5.85. The summed E-state index contributed by atoms with van der Waals surface area (Å²) in [7, 11) is 1.62. The summed E-state index contributed by atoms with van der Waals surface area (Å²) in [4.78, 5) is 12.4. The van der Waals surface area contributed by atoms with Crippen LogP contribution in [0.25, 0.3) is 0 Å². The Hall–Kier alpha value is -1.49. The van der Waals surface area contributed by atoms with Crippen molar-refractivity contribution in [2.75, 3.05) is 18.5 Å². The van der Waals surface area contributed by atoms with Crippen LogP contribution in [0.3, 0.4) is 0 Å². The minimum absolute atomic E-state index is 0.00797. The van der Waals surface area contributed by atoms with Crippen LogP contribution in [0.2, 0.25) is 0 Å². The molecule has 1 N–H and O–H groups in total. The highest BCUT2D eigenvalue weighted by Gasteiger charge is 2.29. The summed E-state index contributed by atoms with van der Waals surface area (Å²) < 4.78 is 26.9. The number of anilines is 1. The molecule has 0 radical (unpaired) electrons. The summed E-state index contributed by atoms with van der Waals surface area (Å²) in [6, 6.07) is 2.22. The molecule has 0 heterocycles. The molecule has 0 atom stereocenters. The van der Waals surface area contributed by atoms with Gasteiger partial charge in [-0.05, 0) is 30.9 Å². The molecule has 1 aromatic carbocycles. The van der Waals surface area contributed by atoms with Gasteiger partial charge in [0.25, 0.3) is 0 Å². The molecule has 5 heteroatoms. The van der Waals surface area contributed by atoms with Crippen LogP contribution in [0.15, 0.2) is 12.1 Å². The minimum atomic E-state index is -0.998. The zero-order valence-electron chi connectivity index (χ0n) is 10.1. The maximum atomic E-state index is 13.7. The summed E-state index contributed by atoms with van der Waals surface area (Å²) in [5, 5.41) is 9.19. The fourth-order valence-corrected chi connectivity index (χ4v) is 2.37. The van der Waals surface area contributed by atoms with Gasteiger partial charge in [-0.25, -0.2) is 8.78 Å². The molecular formula is C13H15F2NO2. The molecule has 1 aliphatic carbocycles. The van der Waals surface area contributed by atoms with Crippen molar-refractivity contribution in [3.05, 3.63) is 29.3 Å². The summed E-state index contributed by atoms with van der Waals surface area (Å²) in [6.45, 7) is 0.498. The number of halogens is 2. The number of hydrogen-bond donors (Lipinski definition) is 1. The maximum Gasteiger partial charge on any atom is 0.182 e. The van der Waals surface area contributed by atoms with Gasteiger partial charge in [0, 0.05) is 19.2 Å². The molecule has 1 fully saturated rings. The smallest absolute Gasteiger partial charge is 0.182 e. The first-order chi connectivity index (χ1) is 8.52. The highest BCUT2D eigenvalue weighted by molar-refractivity contribution is 5.84. The minimum Gasteiger partial charge on any atom is -0.393 e. The molecular weight excluding hydrogens is 240 g/mol. The van der Waals surface area contributed by atoms with Crippen molar-refractivity contribution < 1.29 is 18.7 Å². The molecule has 0 spiro atoms. The van der Waals surface area contributed by atoms with Crippen LogP contribution >= 0.6 is 0 Å². The van der Waals surface area contributed by atoms with Crippen LogP contribution in [0.5, 0.6) is 0 Å². The van der Waals surface area contributed by atoms with Crippen LogP contribution in [-0.4, -0.2) is 31.1 Å². The Morgan fingerprint density at radius 3 is 2.67 bits per heavy atom. The SMILES string of the molecule is CN(CC1CC(O)C1)c1c(C=O)ccc(F)c1F. The average Bonchev–Trinajstić information content (AvgIpc) is 2.30. The van der Waals surface area contributed by atoms with Crippen molar-refractivity contribution in [2.24, 2.45) is 5.92 Å². The predicted molar refractivity (Wildman–Crippen MR) is 63.7 cm³/mol. The van der Waals surface area contributed by atoms with E-state index in [0.717, 1.165) is 6.07 Å². The lowest BCUT2D eigenvalue weighted by Gasteiger charge is -2.35. The zero-order valence-corrected chi connectivity index (χ0v) is 10.1. The van der Waals surface area contributed by atoms with Crippen molar-refractivity contribution in [3.63, 3.8) is 0 Å². The molecule has 1 saturated carbocycles. The third kappa shape index (κ3) is 2.36. The van der Waals surface area contributed by atoms with Gasteiger partial charge in [0.2, 0.25) is 0 Å². The lowest BCUT2D eigenvalue weighted by atomic mass is 9.82. The van der Waals surface area contributed by atoms with Gasteiger partial charge in [-0.2, -0.15) is 0 Å². The van der Waals surface area contributed by atoms with Crippen LogP contribution in [0, 0.1) is 17.6 Å². The zero-order chi connectivity index (χ0) is 13.3. The number of nitrogens with zero attached hydrogens (tertiary/aromatic N) is 1. The summed E-state index contributed by atoms with van der Waals surface area (Å²) in [5.41, 5.74) is 0.127. The summed E-state index contributed by atoms with van der Waals surface area (Å²) in [5.74, 6) is -1.70. The molecule has 1 aliphatic rings. The number of aliphatic hydroxyl groups is 1. The third-order valence-corrected chi connectivity index (χ3v) is 3.35. The summed E-state index contributed by atoms with van der Waals surface area (Å²) >= 11 is 0. The number of aliphatic hydroxyl groups excluding tert-OH is 1. The van der Waals surface area contributed by atoms with E-state index >= 15 is 0 Å². The fraction of sp³-hybridized carbons (Fsp3) is 0.462. The number of hydrogen-bond acceptors (Lipinski definition) is 3. The number of carbonyl (C=O) groups is 1.